The Balaban J connectivity index is 1.40. The SMILES string of the molecule is O=C(Nc1cccc(S(=O)(=O)NC2=NCCCCC2)c1)c1ccc2c(c1)S(=O)(=O)c1ccccc1C2=O. The lowest BCUT2D eigenvalue weighted by atomic mass is 10.0. The van der Waals surface area contributed by atoms with Gasteiger partial charge in [-0.25, -0.2) is 16.8 Å². The minimum absolute atomic E-state index is 0.00385. The molecule has 190 valence electrons. The van der Waals surface area contributed by atoms with Gasteiger partial charge in [0.25, 0.3) is 15.9 Å². The van der Waals surface area contributed by atoms with Gasteiger partial charge in [0.05, 0.1) is 14.7 Å². The first-order chi connectivity index (χ1) is 17.7. The molecule has 0 bridgehead atoms. The quantitative estimate of drug-likeness (QED) is 0.408. The van der Waals surface area contributed by atoms with Gasteiger partial charge in [0.15, 0.2) is 5.78 Å². The first-order valence-corrected chi connectivity index (χ1v) is 14.6. The zero-order valence-corrected chi connectivity index (χ0v) is 21.2. The number of rotatable bonds is 4. The van der Waals surface area contributed by atoms with Crippen LogP contribution in [0.1, 0.15) is 52.0 Å². The molecule has 1 amide bonds. The second-order valence-corrected chi connectivity index (χ2v) is 12.3. The predicted molar refractivity (Wildman–Crippen MR) is 137 cm³/mol. The van der Waals surface area contributed by atoms with E-state index in [0.29, 0.717) is 18.8 Å². The van der Waals surface area contributed by atoms with E-state index in [1.165, 1.54) is 60.7 Å². The Hall–Kier alpha value is -3.83. The van der Waals surface area contributed by atoms with E-state index in [2.05, 4.69) is 15.0 Å². The number of amides is 1. The van der Waals surface area contributed by atoms with Crippen molar-refractivity contribution in [3.63, 3.8) is 0 Å². The van der Waals surface area contributed by atoms with Crippen molar-refractivity contribution in [2.45, 2.75) is 40.4 Å². The van der Waals surface area contributed by atoms with Crippen molar-refractivity contribution >= 4 is 43.1 Å². The number of anilines is 1. The molecule has 0 saturated heterocycles. The molecule has 0 spiro atoms. The van der Waals surface area contributed by atoms with Crippen LogP contribution in [0.2, 0.25) is 0 Å². The Morgan fingerprint density at radius 1 is 0.865 bits per heavy atom. The number of fused-ring (bicyclic) bond motifs is 2. The van der Waals surface area contributed by atoms with Crippen LogP contribution in [0.3, 0.4) is 0 Å². The molecular weight excluding hydrogens is 514 g/mol. The minimum Gasteiger partial charge on any atom is -0.322 e. The van der Waals surface area contributed by atoms with Crippen molar-refractivity contribution < 1.29 is 26.4 Å². The monoisotopic (exact) mass is 537 g/mol. The molecule has 11 heteroatoms. The molecule has 0 aliphatic carbocycles. The Labute approximate surface area is 214 Å². The molecule has 9 nitrogen and oxygen atoms in total. The van der Waals surface area contributed by atoms with Gasteiger partial charge in [0, 0.05) is 35.3 Å². The maximum Gasteiger partial charge on any atom is 0.262 e. The molecule has 5 rings (SSSR count). The van der Waals surface area contributed by atoms with Gasteiger partial charge in [-0.3, -0.25) is 19.3 Å². The van der Waals surface area contributed by atoms with Crippen LogP contribution in [0.15, 0.2) is 86.4 Å². The molecule has 37 heavy (non-hydrogen) atoms. The zero-order valence-electron chi connectivity index (χ0n) is 19.6. The molecule has 2 aliphatic rings. The van der Waals surface area contributed by atoms with Gasteiger partial charge in [-0.05, 0) is 61.4 Å². The number of sulfone groups is 1. The van der Waals surface area contributed by atoms with Crippen LogP contribution < -0.4 is 10.0 Å². The molecule has 0 atom stereocenters. The number of hydrogen-bond donors (Lipinski definition) is 2. The van der Waals surface area contributed by atoms with Crippen LogP contribution in [0.25, 0.3) is 0 Å². The summed E-state index contributed by atoms with van der Waals surface area (Å²) >= 11 is 0. The highest BCUT2D eigenvalue weighted by Gasteiger charge is 2.35. The fraction of sp³-hybridized carbons (Fsp3) is 0.192. The van der Waals surface area contributed by atoms with Crippen molar-refractivity contribution in [2.75, 3.05) is 11.9 Å². The van der Waals surface area contributed by atoms with Crippen LogP contribution >= 0.6 is 0 Å². The van der Waals surface area contributed by atoms with Crippen LogP contribution in [0.5, 0.6) is 0 Å². The number of carbonyl (C=O) groups excluding carboxylic acids is 2. The van der Waals surface area contributed by atoms with E-state index in [4.69, 9.17) is 0 Å². The van der Waals surface area contributed by atoms with Crippen LogP contribution in [0.4, 0.5) is 5.69 Å². The Morgan fingerprint density at radius 2 is 1.65 bits per heavy atom. The molecular formula is C26H23N3O6S2. The summed E-state index contributed by atoms with van der Waals surface area (Å²) < 4.78 is 54.6. The van der Waals surface area contributed by atoms with E-state index in [1.807, 2.05) is 0 Å². The molecule has 2 heterocycles. The predicted octanol–water partition coefficient (Wildman–Crippen LogP) is 3.57. The van der Waals surface area contributed by atoms with Crippen molar-refractivity contribution in [2.24, 2.45) is 4.99 Å². The Morgan fingerprint density at radius 3 is 2.49 bits per heavy atom. The number of carbonyl (C=O) groups is 2. The van der Waals surface area contributed by atoms with Gasteiger partial charge in [-0.1, -0.05) is 24.6 Å². The molecule has 0 fully saturated rings. The fourth-order valence-electron chi connectivity index (χ4n) is 4.34. The number of sulfonamides is 1. The van der Waals surface area contributed by atoms with Gasteiger partial charge >= 0.3 is 0 Å². The normalized spacial score (nSPS) is 16.5. The van der Waals surface area contributed by atoms with Crippen LogP contribution in [-0.2, 0) is 19.9 Å². The first-order valence-electron chi connectivity index (χ1n) is 11.7. The van der Waals surface area contributed by atoms with E-state index in [-0.39, 0.29) is 37.1 Å². The topological polar surface area (TPSA) is 139 Å². The summed E-state index contributed by atoms with van der Waals surface area (Å²) in [5.74, 6) is -0.672. The lowest BCUT2D eigenvalue weighted by molar-refractivity contribution is 0.101. The van der Waals surface area contributed by atoms with Crippen molar-refractivity contribution in [3.05, 3.63) is 83.4 Å². The van der Waals surface area contributed by atoms with E-state index < -0.39 is 31.6 Å². The molecule has 3 aromatic carbocycles. The lowest BCUT2D eigenvalue weighted by Crippen LogP contribution is -2.30. The fourth-order valence-corrected chi connectivity index (χ4v) is 7.15. The molecule has 0 saturated carbocycles. The third-order valence-electron chi connectivity index (χ3n) is 6.23. The minimum atomic E-state index is -4.01. The number of amidine groups is 1. The standard InChI is InChI=1S/C26H23N3O6S2/c30-25-20-9-3-4-10-22(20)36(32,33)23-15-17(12-13-21(23)25)26(31)28-18-7-6-8-19(16-18)37(34,35)29-24-11-2-1-5-14-27-24/h3-4,6-10,12-13,15-16H,1-2,5,11,14H2,(H,27,29)(H,28,31). The largest absolute Gasteiger partial charge is 0.322 e. The second kappa shape index (κ2) is 9.56. The van der Waals surface area contributed by atoms with E-state index in [9.17, 15) is 26.4 Å². The van der Waals surface area contributed by atoms with Crippen molar-refractivity contribution in [1.29, 1.82) is 0 Å². The molecule has 2 N–H and O–H groups in total. The summed E-state index contributed by atoms with van der Waals surface area (Å²) in [6.07, 6.45) is 3.30. The Bertz CT molecular complexity index is 1680. The number of benzene rings is 3. The molecule has 2 aliphatic heterocycles. The van der Waals surface area contributed by atoms with Gasteiger partial charge in [-0.15, -0.1) is 0 Å². The van der Waals surface area contributed by atoms with Crippen molar-refractivity contribution in [3.8, 4) is 0 Å². The van der Waals surface area contributed by atoms with Gasteiger partial charge in [0.1, 0.15) is 5.84 Å². The van der Waals surface area contributed by atoms with Gasteiger partial charge in [0.2, 0.25) is 9.84 Å². The zero-order chi connectivity index (χ0) is 26.2. The number of nitrogens with one attached hydrogen (secondary N) is 2. The summed E-state index contributed by atoms with van der Waals surface area (Å²) in [5.41, 5.74) is 0.302. The lowest BCUT2D eigenvalue weighted by Gasteiger charge is -2.19. The molecule has 0 unspecified atom stereocenters. The number of ketones is 1. The first kappa shape index (κ1) is 24.8. The molecule has 0 aromatic heterocycles. The summed E-state index contributed by atoms with van der Waals surface area (Å²) in [4.78, 5) is 29.7. The van der Waals surface area contributed by atoms with Crippen molar-refractivity contribution in [1.82, 2.24) is 4.72 Å². The van der Waals surface area contributed by atoms with E-state index in [1.54, 1.807) is 6.07 Å². The highest BCUT2D eigenvalue weighted by molar-refractivity contribution is 7.91. The number of nitrogens with zero attached hydrogens (tertiary/aromatic N) is 1. The van der Waals surface area contributed by atoms with Crippen LogP contribution in [-0.4, -0.2) is 40.9 Å². The average molecular weight is 538 g/mol. The van der Waals surface area contributed by atoms with Gasteiger partial charge < -0.3 is 5.32 Å². The number of aliphatic imine (C=N–C) groups is 1. The summed E-state index contributed by atoms with van der Waals surface area (Å²) in [7, 11) is -7.92. The van der Waals surface area contributed by atoms with E-state index >= 15 is 0 Å². The third-order valence-corrected chi connectivity index (χ3v) is 9.46. The summed E-state index contributed by atoms with van der Waals surface area (Å²) in [5, 5.41) is 2.61. The maximum absolute atomic E-state index is 13.1. The third kappa shape index (κ3) is 4.79. The average Bonchev–Trinajstić information content (AvgIpc) is 3.15. The highest BCUT2D eigenvalue weighted by Crippen LogP contribution is 2.35. The highest BCUT2D eigenvalue weighted by atomic mass is 32.2. The van der Waals surface area contributed by atoms with Gasteiger partial charge in [-0.2, -0.15) is 0 Å². The second-order valence-electron chi connectivity index (χ2n) is 8.77. The smallest absolute Gasteiger partial charge is 0.262 e. The molecule has 3 aromatic rings. The molecule has 0 radical (unpaired) electrons. The maximum atomic E-state index is 13.1. The van der Waals surface area contributed by atoms with E-state index in [0.717, 1.165) is 19.3 Å². The number of hydrogen-bond acceptors (Lipinski definition) is 7. The van der Waals surface area contributed by atoms with Crippen LogP contribution in [0, 0.1) is 0 Å². The summed E-state index contributed by atoms with van der Waals surface area (Å²) in [6.45, 7) is 0.571. The Kier molecular flexibility index (Phi) is 6.42. The summed E-state index contributed by atoms with van der Waals surface area (Å²) in [6, 6.07) is 15.5.